The highest BCUT2D eigenvalue weighted by Crippen LogP contribution is 2.19. The van der Waals surface area contributed by atoms with Crippen molar-refractivity contribution >= 4 is 5.91 Å². The molecule has 3 heteroatoms. The molecule has 0 saturated carbocycles. The van der Waals surface area contributed by atoms with Gasteiger partial charge in [-0.15, -0.1) is 0 Å². The van der Waals surface area contributed by atoms with E-state index in [4.69, 9.17) is 0 Å². The van der Waals surface area contributed by atoms with Gasteiger partial charge in [0.1, 0.15) is 0 Å². The van der Waals surface area contributed by atoms with Gasteiger partial charge in [0.05, 0.1) is 0 Å². The minimum atomic E-state index is -0.290. The van der Waals surface area contributed by atoms with Crippen LogP contribution in [-0.2, 0) is 11.2 Å². The van der Waals surface area contributed by atoms with Crippen molar-refractivity contribution in [2.24, 2.45) is 5.41 Å². The van der Waals surface area contributed by atoms with E-state index in [2.05, 4.69) is 29.6 Å². The van der Waals surface area contributed by atoms with Gasteiger partial charge in [0.2, 0.25) is 5.91 Å². The Balaban J connectivity index is 2.02. The van der Waals surface area contributed by atoms with E-state index in [1.54, 1.807) is 0 Å². The van der Waals surface area contributed by atoms with Crippen LogP contribution in [0.4, 0.5) is 0 Å². The Hall–Kier alpha value is -1.35. The summed E-state index contributed by atoms with van der Waals surface area (Å²) in [7, 11) is 0. The first-order chi connectivity index (χ1) is 9.47. The maximum Gasteiger partial charge on any atom is 0.228 e. The number of carbonyl (C=O) groups is 1. The van der Waals surface area contributed by atoms with Gasteiger partial charge in [-0.2, -0.15) is 0 Å². The zero-order valence-corrected chi connectivity index (χ0v) is 12.9. The molecule has 0 radical (unpaired) electrons. The predicted molar refractivity (Wildman–Crippen MR) is 82.6 cm³/mol. The van der Waals surface area contributed by atoms with Crippen molar-refractivity contribution < 1.29 is 4.79 Å². The molecular weight excluding hydrogens is 248 g/mol. The molecule has 1 aromatic carbocycles. The second-order valence-electron chi connectivity index (χ2n) is 6.70. The van der Waals surface area contributed by atoms with Crippen molar-refractivity contribution in [3.05, 3.63) is 35.9 Å². The fourth-order valence-corrected chi connectivity index (χ4v) is 2.69. The number of carbonyl (C=O) groups excluding carboxylic acids is 1. The van der Waals surface area contributed by atoms with Crippen LogP contribution >= 0.6 is 0 Å². The van der Waals surface area contributed by atoms with Crippen LogP contribution in [0.2, 0.25) is 0 Å². The lowest BCUT2D eigenvalue weighted by atomic mass is 9.94. The van der Waals surface area contributed by atoms with Gasteiger partial charge in [-0.1, -0.05) is 51.1 Å². The maximum absolute atomic E-state index is 12.5. The van der Waals surface area contributed by atoms with Crippen LogP contribution in [0.1, 0.15) is 32.8 Å². The van der Waals surface area contributed by atoms with E-state index < -0.39 is 0 Å². The lowest BCUT2D eigenvalue weighted by Gasteiger charge is -2.30. The van der Waals surface area contributed by atoms with Crippen LogP contribution in [0.25, 0.3) is 0 Å². The monoisotopic (exact) mass is 274 g/mol. The first kappa shape index (κ1) is 15.0. The van der Waals surface area contributed by atoms with Gasteiger partial charge in [0.25, 0.3) is 0 Å². The third-order valence-electron chi connectivity index (χ3n) is 3.73. The number of nitrogens with zero attached hydrogens (tertiary/aromatic N) is 1. The van der Waals surface area contributed by atoms with E-state index in [0.29, 0.717) is 6.04 Å². The number of amides is 1. The maximum atomic E-state index is 12.5. The van der Waals surface area contributed by atoms with Crippen LogP contribution in [0, 0.1) is 5.41 Å². The van der Waals surface area contributed by atoms with Crippen molar-refractivity contribution in [3.8, 4) is 0 Å². The molecule has 1 N–H and O–H groups in total. The largest absolute Gasteiger partial charge is 0.341 e. The second-order valence-corrected chi connectivity index (χ2v) is 6.70. The lowest BCUT2D eigenvalue weighted by Crippen LogP contribution is -2.45. The van der Waals surface area contributed by atoms with Crippen molar-refractivity contribution in [2.75, 3.05) is 19.6 Å². The van der Waals surface area contributed by atoms with E-state index in [1.807, 2.05) is 31.7 Å². The van der Waals surface area contributed by atoms with E-state index in [9.17, 15) is 4.79 Å². The summed E-state index contributed by atoms with van der Waals surface area (Å²) in [6.45, 7) is 8.67. The molecule has 1 heterocycles. The highest BCUT2D eigenvalue weighted by Gasteiger charge is 2.29. The molecule has 0 spiro atoms. The van der Waals surface area contributed by atoms with Crippen molar-refractivity contribution in [2.45, 2.75) is 39.7 Å². The van der Waals surface area contributed by atoms with Crippen LogP contribution in [0.5, 0.6) is 0 Å². The topological polar surface area (TPSA) is 32.3 Å². The Bertz CT molecular complexity index is 436. The molecule has 1 aromatic rings. The number of benzene rings is 1. The molecule has 1 atom stereocenters. The van der Waals surface area contributed by atoms with Gasteiger partial charge in [-0.25, -0.2) is 0 Å². The quantitative estimate of drug-likeness (QED) is 0.898. The van der Waals surface area contributed by atoms with E-state index in [-0.39, 0.29) is 11.3 Å². The number of rotatable bonds is 2. The van der Waals surface area contributed by atoms with E-state index in [0.717, 1.165) is 32.5 Å². The SMILES string of the molecule is CC(C)(C)C(=O)N1CCCNC(Cc2ccccc2)C1. The Morgan fingerprint density at radius 1 is 1.30 bits per heavy atom. The van der Waals surface area contributed by atoms with Gasteiger partial charge in [-0.3, -0.25) is 4.79 Å². The van der Waals surface area contributed by atoms with Crippen molar-refractivity contribution in [3.63, 3.8) is 0 Å². The summed E-state index contributed by atoms with van der Waals surface area (Å²) in [5.41, 5.74) is 1.04. The summed E-state index contributed by atoms with van der Waals surface area (Å²) in [4.78, 5) is 14.5. The summed E-state index contributed by atoms with van der Waals surface area (Å²) in [6, 6.07) is 10.9. The fraction of sp³-hybridized carbons (Fsp3) is 0.588. The van der Waals surface area contributed by atoms with E-state index >= 15 is 0 Å². The first-order valence-electron chi connectivity index (χ1n) is 7.53. The molecule has 0 bridgehead atoms. The number of hydrogen-bond donors (Lipinski definition) is 1. The Morgan fingerprint density at radius 2 is 2.00 bits per heavy atom. The third-order valence-corrected chi connectivity index (χ3v) is 3.73. The van der Waals surface area contributed by atoms with Gasteiger partial charge >= 0.3 is 0 Å². The molecule has 1 saturated heterocycles. The molecule has 1 unspecified atom stereocenters. The first-order valence-corrected chi connectivity index (χ1v) is 7.53. The van der Waals surface area contributed by atoms with Crippen LogP contribution in [0.3, 0.4) is 0 Å². The summed E-state index contributed by atoms with van der Waals surface area (Å²) in [5, 5.41) is 3.57. The molecule has 110 valence electrons. The smallest absolute Gasteiger partial charge is 0.228 e. The standard InChI is InChI=1S/C17H26N2O/c1-17(2,3)16(20)19-11-7-10-18-15(13-19)12-14-8-5-4-6-9-14/h4-6,8-9,15,18H,7,10-13H2,1-3H3. The second kappa shape index (κ2) is 6.40. The molecule has 1 amide bonds. The molecule has 1 aliphatic rings. The molecular formula is C17H26N2O. The minimum absolute atomic E-state index is 0.263. The molecule has 0 aliphatic carbocycles. The van der Waals surface area contributed by atoms with E-state index in [1.165, 1.54) is 5.56 Å². The van der Waals surface area contributed by atoms with Crippen LogP contribution < -0.4 is 5.32 Å². The number of nitrogens with one attached hydrogen (secondary N) is 1. The number of hydrogen-bond acceptors (Lipinski definition) is 2. The normalized spacial score (nSPS) is 20.6. The van der Waals surface area contributed by atoms with Gasteiger partial charge in [-0.05, 0) is 24.9 Å². The zero-order valence-electron chi connectivity index (χ0n) is 12.9. The molecule has 3 nitrogen and oxygen atoms in total. The average molecular weight is 274 g/mol. The predicted octanol–water partition coefficient (Wildman–Crippen LogP) is 2.47. The third kappa shape index (κ3) is 4.07. The molecule has 1 fully saturated rings. The summed E-state index contributed by atoms with van der Waals surface area (Å²) in [6.07, 6.45) is 2.02. The Labute approximate surface area is 122 Å². The molecule has 1 aliphatic heterocycles. The summed E-state index contributed by atoms with van der Waals surface area (Å²) in [5.74, 6) is 0.263. The molecule has 0 aromatic heterocycles. The van der Waals surface area contributed by atoms with Gasteiger partial charge in [0, 0.05) is 24.5 Å². The van der Waals surface area contributed by atoms with Crippen LogP contribution in [0.15, 0.2) is 30.3 Å². The average Bonchev–Trinajstić information content (AvgIpc) is 2.63. The Kier molecular flexibility index (Phi) is 4.81. The lowest BCUT2D eigenvalue weighted by molar-refractivity contribution is -0.139. The zero-order chi connectivity index (χ0) is 14.6. The fourth-order valence-electron chi connectivity index (χ4n) is 2.69. The summed E-state index contributed by atoms with van der Waals surface area (Å²) < 4.78 is 0. The molecule has 2 rings (SSSR count). The highest BCUT2D eigenvalue weighted by molar-refractivity contribution is 5.81. The van der Waals surface area contributed by atoms with Crippen LogP contribution in [-0.4, -0.2) is 36.5 Å². The Morgan fingerprint density at radius 3 is 2.65 bits per heavy atom. The minimum Gasteiger partial charge on any atom is -0.341 e. The summed E-state index contributed by atoms with van der Waals surface area (Å²) >= 11 is 0. The van der Waals surface area contributed by atoms with Gasteiger partial charge in [0.15, 0.2) is 0 Å². The van der Waals surface area contributed by atoms with Crippen molar-refractivity contribution in [1.82, 2.24) is 10.2 Å². The highest BCUT2D eigenvalue weighted by atomic mass is 16.2. The molecule has 20 heavy (non-hydrogen) atoms. The van der Waals surface area contributed by atoms with Crippen molar-refractivity contribution in [1.29, 1.82) is 0 Å². The van der Waals surface area contributed by atoms with Gasteiger partial charge < -0.3 is 10.2 Å².